The second-order valence-electron chi connectivity index (χ2n) is 6.21. The van der Waals surface area contributed by atoms with Crippen molar-refractivity contribution in [2.75, 3.05) is 13.1 Å². The predicted octanol–water partition coefficient (Wildman–Crippen LogP) is -0.502. The number of rotatable bonds is 5. The van der Waals surface area contributed by atoms with Crippen LogP contribution in [0.1, 0.15) is 22.9 Å². The molecule has 0 bridgehead atoms. The van der Waals surface area contributed by atoms with E-state index in [1.54, 1.807) is 6.07 Å². The molecule has 144 valence electrons. The first-order valence-electron chi connectivity index (χ1n) is 7.89. The van der Waals surface area contributed by atoms with E-state index in [0.29, 0.717) is 6.42 Å². The van der Waals surface area contributed by atoms with Crippen molar-refractivity contribution in [3.8, 4) is 5.88 Å². The Bertz CT molecular complexity index is 1000. The van der Waals surface area contributed by atoms with Crippen LogP contribution in [0.4, 0.5) is 4.39 Å². The summed E-state index contributed by atoms with van der Waals surface area (Å²) >= 11 is 0. The summed E-state index contributed by atoms with van der Waals surface area (Å²) in [6.45, 7) is 0.110. The normalized spacial score (nSPS) is 20.5. The third kappa shape index (κ3) is 3.31. The summed E-state index contributed by atoms with van der Waals surface area (Å²) in [4.78, 5) is 0. The van der Waals surface area contributed by atoms with E-state index in [9.17, 15) is 18.0 Å². The monoisotopic (exact) mass is 398 g/mol. The SMILES string of the molecule is NS(=O)(=O)N1CC(Oc2nonc2/C(=N/O)N[C@H]2Cc3ccc(F)cc32)C1. The highest BCUT2D eigenvalue weighted by Gasteiger charge is 2.37. The molecule has 2 heterocycles. The van der Waals surface area contributed by atoms with Gasteiger partial charge in [0, 0.05) is 0 Å². The largest absolute Gasteiger partial charge is 0.468 e. The zero-order valence-corrected chi connectivity index (χ0v) is 14.6. The number of nitrogens with one attached hydrogen (secondary N) is 1. The number of nitrogens with two attached hydrogens (primary N) is 1. The molecule has 0 unspecified atom stereocenters. The van der Waals surface area contributed by atoms with Crippen LogP contribution in [0.3, 0.4) is 0 Å². The van der Waals surface area contributed by atoms with Gasteiger partial charge < -0.3 is 15.3 Å². The lowest BCUT2D eigenvalue weighted by Gasteiger charge is -2.35. The number of benzene rings is 1. The number of aromatic nitrogens is 2. The van der Waals surface area contributed by atoms with E-state index in [2.05, 4.69) is 25.4 Å². The van der Waals surface area contributed by atoms with Crippen LogP contribution >= 0.6 is 0 Å². The Balaban J connectivity index is 1.44. The molecule has 2 aliphatic rings. The van der Waals surface area contributed by atoms with Crippen molar-refractivity contribution in [3.63, 3.8) is 0 Å². The fourth-order valence-electron chi connectivity index (χ4n) is 2.96. The summed E-state index contributed by atoms with van der Waals surface area (Å²) in [5.41, 5.74) is 1.74. The lowest BCUT2D eigenvalue weighted by atomic mass is 9.83. The number of halogens is 1. The van der Waals surface area contributed by atoms with Crippen molar-refractivity contribution in [1.82, 2.24) is 19.9 Å². The van der Waals surface area contributed by atoms with Gasteiger partial charge in [0.2, 0.25) is 11.5 Å². The summed E-state index contributed by atoms with van der Waals surface area (Å²) in [5, 5.41) is 27.7. The summed E-state index contributed by atoms with van der Waals surface area (Å²) in [6.07, 6.45) is 0.120. The predicted molar refractivity (Wildman–Crippen MR) is 87.7 cm³/mol. The van der Waals surface area contributed by atoms with Gasteiger partial charge in [-0.2, -0.15) is 12.7 Å². The number of fused-ring (bicyclic) bond motifs is 1. The van der Waals surface area contributed by atoms with Crippen LogP contribution < -0.4 is 15.2 Å². The Hall–Kier alpha value is -2.77. The first kappa shape index (κ1) is 17.6. The van der Waals surface area contributed by atoms with Gasteiger partial charge in [0.15, 0.2) is 0 Å². The van der Waals surface area contributed by atoms with E-state index in [4.69, 9.17) is 9.88 Å². The molecule has 1 atom stereocenters. The highest BCUT2D eigenvalue weighted by Crippen LogP contribution is 2.34. The van der Waals surface area contributed by atoms with Crippen molar-refractivity contribution in [2.45, 2.75) is 18.6 Å². The minimum absolute atomic E-state index is 0.0106. The van der Waals surface area contributed by atoms with Crippen LogP contribution in [0, 0.1) is 5.82 Å². The Labute approximate surface area is 152 Å². The van der Waals surface area contributed by atoms with E-state index in [1.165, 1.54) is 12.1 Å². The number of hydrogen-bond donors (Lipinski definition) is 3. The average molecular weight is 398 g/mol. The molecule has 0 spiro atoms. The molecule has 1 aliphatic carbocycles. The molecule has 4 N–H and O–H groups in total. The van der Waals surface area contributed by atoms with Crippen LogP contribution in [-0.4, -0.2) is 53.3 Å². The second-order valence-corrected chi connectivity index (χ2v) is 7.76. The Morgan fingerprint density at radius 2 is 2.22 bits per heavy atom. The molecular formula is C14H15FN6O5S. The molecule has 1 saturated heterocycles. The molecule has 2 aromatic rings. The van der Waals surface area contributed by atoms with E-state index >= 15 is 0 Å². The van der Waals surface area contributed by atoms with Crippen molar-refractivity contribution in [1.29, 1.82) is 0 Å². The van der Waals surface area contributed by atoms with Gasteiger partial charge in [-0.1, -0.05) is 11.2 Å². The minimum atomic E-state index is -3.77. The molecule has 0 saturated carbocycles. The summed E-state index contributed by atoms with van der Waals surface area (Å²) in [5.74, 6) is -0.485. The van der Waals surface area contributed by atoms with Gasteiger partial charge in [-0.25, -0.2) is 14.2 Å². The van der Waals surface area contributed by atoms with Gasteiger partial charge in [-0.3, -0.25) is 0 Å². The summed E-state index contributed by atoms with van der Waals surface area (Å²) in [6, 6.07) is 4.21. The lowest BCUT2D eigenvalue weighted by molar-refractivity contribution is 0.0681. The van der Waals surface area contributed by atoms with Crippen molar-refractivity contribution >= 4 is 16.0 Å². The van der Waals surface area contributed by atoms with Crippen molar-refractivity contribution in [2.24, 2.45) is 10.3 Å². The summed E-state index contributed by atoms with van der Waals surface area (Å²) in [7, 11) is -3.77. The number of nitrogens with zero attached hydrogens (tertiary/aromatic N) is 4. The molecule has 1 aliphatic heterocycles. The maximum atomic E-state index is 13.4. The first-order valence-corrected chi connectivity index (χ1v) is 9.40. The molecule has 0 amide bonds. The van der Waals surface area contributed by atoms with Crippen LogP contribution in [0.2, 0.25) is 0 Å². The first-order chi connectivity index (χ1) is 12.8. The molecule has 1 aromatic carbocycles. The van der Waals surface area contributed by atoms with Crippen LogP contribution in [-0.2, 0) is 16.6 Å². The maximum absolute atomic E-state index is 13.4. The standard InChI is InChI=1S/C14H15FN6O5S/c15-8-2-1-7-3-11(10(7)4-8)17-13(18-22)12-14(20-26-19-12)25-9-5-21(6-9)27(16,23)24/h1-2,4,9,11,22H,3,5-6H2,(H,17,18)(H2,16,23,24)/t11-/m0/s1. The smallest absolute Gasteiger partial charge is 0.287 e. The average Bonchev–Trinajstić information content (AvgIpc) is 3.00. The van der Waals surface area contributed by atoms with Crippen LogP contribution in [0.15, 0.2) is 28.0 Å². The highest BCUT2D eigenvalue weighted by atomic mass is 32.2. The molecule has 27 heavy (non-hydrogen) atoms. The molecule has 1 fully saturated rings. The Morgan fingerprint density at radius 3 is 2.93 bits per heavy atom. The highest BCUT2D eigenvalue weighted by molar-refractivity contribution is 7.86. The third-order valence-corrected chi connectivity index (χ3v) is 5.47. The third-order valence-electron chi connectivity index (χ3n) is 4.45. The van der Waals surface area contributed by atoms with E-state index in [-0.39, 0.29) is 42.4 Å². The molecule has 13 heteroatoms. The lowest BCUT2D eigenvalue weighted by Crippen LogP contribution is -2.58. The van der Waals surface area contributed by atoms with Gasteiger partial charge in [-0.15, -0.1) is 0 Å². The van der Waals surface area contributed by atoms with Crippen LogP contribution in [0.25, 0.3) is 0 Å². The molecule has 11 nitrogen and oxygen atoms in total. The van der Waals surface area contributed by atoms with Crippen LogP contribution in [0.5, 0.6) is 5.88 Å². The van der Waals surface area contributed by atoms with Gasteiger partial charge in [0.1, 0.15) is 11.9 Å². The number of amidine groups is 1. The minimum Gasteiger partial charge on any atom is -0.468 e. The Kier molecular flexibility index (Phi) is 4.20. The van der Waals surface area contributed by atoms with E-state index in [0.717, 1.165) is 15.4 Å². The zero-order valence-electron chi connectivity index (χ0n) is 13.7. The van der Waals surface area contributed by atoms with E-state index < -0.39 is 16.3 Å². The fourth-order valence-corrected chi connectivity index (χ4v) is 3.70. The van der Waals surface area contributed by atoms with Gasteiger partial charge >= 0.3 is 0 Å². The number of oxime groups is 1. The van der Waals surface area contributed by atoms with Crippen molar-refractivity contribution in [3.05, 3.63) is 40.8 Å². The number of ether oxygens (including phenoxy) is 1. The molecule has 0 radical (unpaired) electrons. The molecular weight excluding hydrogens is 383 g/mol. The Morgan fingerprint density at radius 1 is 1.44 bits per heavy atom. The number of hydrogen-bond acceptors (Lipinski definition) is 8. The van der Waals surface area contributed by atoms with Crippen molar-refractivity contribution < 1.29 is 27.4 Å². The maximum Gasteiger partial charge on any atom is 0.287 e. The van der Waals surface area contributed by atoms with Gasteiger partial charge in [-0.05, 0) is 40.0 Å². The second kappa shape index (κ2) is 6.44. The molecule has 1 aromatic heterocycles. The van der Waals surface area contributed by atoms with E-state index in [1.807, 2.05) is 0 Å². The van der Waals surface area contributed by atoms with Gasteiger partial charge in [0.25, 0.3) is 16.1 Å². The quantitative estimate of drug-likeness (QED) is 0.263. The topological polar surface area (TPSA) is 156 Å². The van der Waals surface area contributed by atoms with Gasteiger partial charge in [0.05, 0.1) is 19.1 Å². The fraction of sp³-hybridized carbons (Fsp3) is 0.357. The molecule has 4 rings (SSSR count). The zero-order chi connectivity index (χ0) is 19.2. The summed E-state index contributed by atoms with van der Waals surface area (Å²) < 4.78 is 47.0.